The Hall–Kier alpha value is -1.58. The fourth-order valence-electron chi connectivity index (χ4n) is 1.88. The Morgan fingerprint density at radius 2 is 2.26 bits per heavy atom. The van der Waals surface area contributed by atoms with Gasteiger partial charge in [0.05, 0.1) is 0 Å². The lowest BCUT2D eigenvalue weighted by Gasteiger charge is -2.23. The van der Waals surface area contributed by atoms with Crippen molar-refractivity contribution in [2.75, 3.05) is 13.1 Å². The highest BCUT2D eigenvalue weighted by Gasteiger charge is 2.23. The average molecular weight is 286 g/mol. The van der Waals surface area contributed by atoms with E-state index in [4.69, 9.17) is 0 Å². The fourth-order valence-corrected chi connectivity index (χ4v) is 3.09. The maximum absolute atomic E-state index is 12.0. The summed E-state index contributed by atoms with van der Waals surface area (Å²) in [6.07, 6.45) is 2.68. The van der Waals surface area contributed by atoms with Crippen LogP contribution in [0.4, 0.5) is 5.82 Å². The van der Waals surface area contributed by atoms with Gasteiger partial charge in [-0.3, -0.25) is 0 Å². The van der Waals surface area contributed by atoms with Gasteiger partial charge in [0.15, 0.2) is 6.20 Å². The van der Waals surface area contributed by atoms with Crippen molar-refractivity contribution in [3.8, 4) is 0 Å². The predicted molar refractivity (Wildman–Crippen MR) is 67.1 cm³/mol. The molecule has 0 saturated carbocycles. The number of nitrogens with zero attached hydrogens (tertiary/aromatic N) is 2. The minimum atomic E-state index is -3.68. The van der Waals surface area contributed by atoms with Gasteiger partial charge in [0, 0.05) is 18.7 Å². The van der Waals surface area contributed by atoms with E-state index < -0.39 is 14.9 Å². The summed E-state index contributed by atoms with van der Waals surface area (Å²) in [5, 5.41) is 13.5. The first-order valence-electron chi connectivity index (χ1n) is 5.82. The molecule has 1 fully saturated rings. The molecule has 0 aromatic carbocycles. The molecule has 0 aliphatic carbocycles. The molecule has 2 N–H and O–H groups in total. The van der Waals surface area contributed by atoms with Gasteiger partial charge in [0.1, 0.15) is 4.90 Å². The molecular formula is C10H14N4O4S. The fraction of sp³-hybridized carbons (Fsp3) is 0.500. The van der Waals surface area contributed by atoms with E-state index in [1.165, 1.54) is 6.07 Å². The van der Waals surface area contributed by atoms with Crippen LogP contribution in [0.1, 0.15) is 12.8 Å². The van der Waals surface area contributed by atoms with E-state index in [0.717, 1.165) is 31.6 Å². The lowest BCUT2D eigenvalue weighted by Crippen LogP contribution is -2.45. The second kappa shape index (κ2) is 5.59. The van der Waals surface area contributed by atoms with Gasteiger partial charge < -0.3 is 15.4 Å². The molecule has 1 saturated heterocycles. The number of pyridine rings is 1. The first-order chi connectivity index (χ1) is 8.99. The normalized spacial score (nSPS) is 20.1. The molecule has 0 bridgehead atoms. The van der Waals surface area contributed by atoms with Crippen molar-refractivity contribution in [3.05, 3.63) is 28.4 Å². The average Bonchev–Trinajstić information content (AvgIpc) is 2.39. The summed E-state index contributed by atoms with van der Waals surface area (Å²) in [7, 11) is -3.68. The Bertz CT molecular complexity index is 551. The minimum Gasteiger partial charge on any atom is -0.358 e. The standard InChI is InChI=1S/C10H14N4O4S/c15-14(16)10-4-3-9(7-12-10)19(17,18)13-8-2-1-5-11-6-8/h3-4,7-8,11,13H,1-2,5-6H2. The molecule has 0 spiro atoms. The maximum atomic E-state index is 12.0. The Labute approximate surface area is 110 Å². The number of hydrogen-bond acceptors (Lipinski definition) is 6. The van der Waals surface area contributed by atoms with Crippen LogP contribution < -0.4 is 10.0 Å². The van der Waals surface area contributed by atoms with Crippen LogP contribution in [0, 0.1) is 10.1 Å². The van der Waals surface area contributed by atoms with Crippen LogP contribution in [0.15, 0.2) is 23.2 Å². The monoisotopic (exact) mass is 286 g/mol. The molecule has 8 nitrogen and oxygen atoms in total. The van der Waals surface area contributed by atoms with Gasteiger partial charge in [0.25, 0.3) is 0 Å². The van der Waals surface area contributed by atoms with Crippen molar-refractivity contribution in [2.24, 2.45) is 0 Å². The van der Waals surface area contributed by atoms with Crippen molar-refractivity contribution in [2.45, 2.75) is 23.8 Å². The highest BCUT2D eigenvalue weighted by molar-refractivity contribution is 7.89. The third-order valence-electron chi connectivity index (χ3n) is 2.84. The summed E-state index contributed by atoms with van der Waals surface area (Å²) in [6.45, 7) is 1.47. The predicted octanol–water partition coefficient (Wildman–Crippen LogP) is 0.0201. The van der Waals surface area contributed by atoms with Gasteiger partial charge in [-0.1, -0.05) is 0 Å². The molecule has 19 heavy (non-hydrogen) atoms. The number of piperidine rings is 1. The van der Waals surface area contributed by atoms with Crippen LogP contribution in [-0.4, -0.2) is 37.5 Å². The molecular weight excluding hydrogens is 272 g/mol. The van der Waals surface area contributed by atoms with Gasteiger partial charge in [-0.15, -0.1) is 0 Å². The topological polar surface area (TPSA) is 114 Å². The summed E-state index contributed by atoms with van der Waals surface area (Å²) in [5.41, 5.74) is 0. The van der Waals surface area contributed by atoms with Gasteiger partial charge in [-0.2, -0.15) is 0 Å². The molecule has 1 unspecified atom stereocenters. The summed E-state index contributed by atoms with van der Waals surface area (Å²) in [6, 6.07) is 2.10. The highest BCUT2D eigenvalue weighted by atomic mass is 32.2. The van der Waals surface area contributed by atoms with Crippen LogP contribution in [-0.2, 0) is 10.0 Å². The maximum Gasteiger partial charge on any atom is 0.363 e. The Morgan fingerprint density at radius 1 is 1.47 bits per heavy atom. The number of sulfonamides is 1. The molecule has 1 atom stereocenters. The number of rotatable bonds is 4. The van der Waals surface area contributed by atoms with Crippen LogP contribution in [0.5, 0.6) is 0 Å². The van der Waals surface area contributed by atoms with Crippen LogP contribution in [0.25, 0.3) is 0 Å². The van der Waals surface area contributed by atoms with Gasteiger partial charge in [-0.05, 0) is 35.4 Å². The van der Waals surface area contributed by atoms with E-state index in [2.05, 4.69) is 15.0 Å². The third-order valence-corrected chi connectivity index (χ3v) is 4.34. The molecule has 0 amide bonds. The van der Waals surface area contributed by atoms with Crippen LogP contribution in [0.3, 0.4) is 0 Å². The summed E-state index contributed by atoms with van der Waals surface area (Å²) < 4.78 is 26.6. The van der Waals surface area contributed by atoms with Gasteiger partial charge in [0.2, 0.25) is 10.0 Å². The van der Waals surface area contributed by atoms with Crippen molar-refractivity contribution >= 4 is 15.8 Å². The van der Waals surface area contributed by atoms with Crippen molar-refractivity contribution in [1.82, 2.24) is 15.0 Å². The molecule has 2 heterocycles. The largest absolute Gasteiger partial charge is 0.363 e. The summed E-state index contributed by atoms with van der Waals surface area (Å²) >= 11 is 0. The highest BCUT2D eigenvalue weighted by Crippen LogP contribution is 2.13. The second-order valence-electron chi connectivity index (χ2n) is 4.27. The van der Waals surface area contributed by atoms with Crippen LogP contribution in [0.2, 0.25) is 0 Å². The van der Waals surface area contributed by atoms with E-state index in [0.29, 0.717) is 6.54 Å². The minimum absolute atomic E-state index is 0.0660. The molecule has 9 heteroatoms. The number of hydrogen-bond donors (Lipinski definition) is 2. The molecule has 1 aliphatic heterocycles. The molecule has 0 radical (unpaired) electrons. The second-order valence-corrected chi connectivity index (χ2v) is 5.99. The zero-order chi connectivity index (χ0) is 13.9. The first kappa shape index (κ1) is 13.8. The zero-order valence-corrected chi connectivity index (χ0v) is 10.9. The molecule has 104 valence electrons. The molecule has 2 rings (SSSR count). The van der Waals surface area contributed by atoms with Crippen molar-refractivity contribution < 1.29 is 13.3 Å². The summed E-state index contributed by atoms with van der Waals surface area (Å²) in [5.74, 6) is -0.377. The van der Waals surface area contributed by atoms with Gasteiger partial charge in [-0.25, -0.2) is 13.1 Å². The Morgan fingerprint density at radius 3 is 2.79 bits per heavy atom. The third kappa shape index (κ3) is 3.46. The smallest absolute Gasteiger partial charge is 0.358 e. The van der Waals surface area contributed by atoms with Crippen molar-refractivity contribution in [1.29, 1.82) is 0 Å². The molecule has 1 aromatic heterocycles. The zero-order valence-electron chi connectivity index (χ0n) is 10.1. The van der Waals surface area contributed by atoms with Gasteiger partial charge >= 0.3 is 5.82 Å². The van der Waals surface area contributed by atoms with Crippen molar-refractivity contribution in [3.63, 3.8) is 0 Å². The van der Waals surface area contributed by atoms with E-state index in [-0.39, 0.29) is 16.8 Å². The Kier molecular flexibility index (Phi) is 4.08. The summed E-state index contributed by atoms with van der Waals surface area (Å²) in [4.78, 5) is 13.2. The molecule has 1 aromatic rings. The Balaban J connectivity index is 2.12. The lowest BCUT2D eigenvalue weighted by molar-refractivity contribution is -0.389. The lowest BCUT2D eigenvalue weighted by atomic mass is 10.1. The van der Waals surface area contributed by atoms with Crippen LogP contribution >= 0.6 is 0 Å². The number of nitrogens with one attached hydrogen (secondary N) is 2. The van der Waals surface area contributed by atoms with E-state index in [1.807, 2.05) is 0 Å². The first-order valence-corrected chi connectivity index (χ1v) is 7.31. The van der Waals surface area contributed by atoms with E-state index in [9.17, 15) is 18.5 Å². The number of aromatic nitrogens is 1. The quantitative estimate of drug-likeness (QED) is 0.595. The van der Waals surface area contributed by atoms with E-state index >= 15 is 0 Å². The molecule has 1 aliphatic rings. The number of nitro groups is 1. The van der Waals surface area contributed by atoms with E-state index in [1.54, 1.807) is 0 Å². The SMILES string of the molecule is O=[N+]([O-])c1ccc(S(=O)(=O)NC2CCCNC2)cn1.